The molecular weight excluding hydrogens is 510 g/mol. The van der Waals surface area contributed by atoms with Crippen LogP contribution in [-0.4, -0.2) is 3.21 Å². The molecule has 0 saturated heterocycles. The molecule has 0 saturated carbocycles. The molecule has 3 aromatic carbocycles. The van der Waals surface area contributed by atoms with E-state index in [9.17, 15) is 0 Å². The van der Waals surface area contributed by atoms with Gasteiger partial charge in [-0.3, -0.25) is 6.08 Å². The van der Waals surface area contributed by atoms with E-state index in [0.29, 0.717) is 5.92 Å². The third kappa shape index (κ3) is 11.5. The van der Waals surface area contributed by atoms with Crippen LogP contribution in [0.3, 0.4) is 0 Å². The van der Waals surface area contributed by atoms with Crippen molar-refractivity contribution in [3.63, 3.8) is 0 Å². The molecule has 3 heteroatoms. The summed E-state index contributed by atoms with van der Waals surface area (Å²) >= 11 is 1.55. The van der Waals surface area contributed by atoms with Gasteiger partial charge in [-0.25, -0.2) is 17.7 Å². The first-order valence-electron chi connectivity index (χ1n) is 10.6. The second-order valence-corrected chi connectivity index (χ2v) is 9.43. The third-order valence-corrected chi connectivity index (χ3v) is 6.18. The van der Waals surface area contributed by atoms with Crippen molar-refractivity contribution in [2.75, 3.05) is 0 Å². The minimum Gasteiger partial charge on any atom is -0.214 e. The molecule has 0 nitrogen and oxygen atoms in total. The van der Waals surface area contributed by atoms with Gasteiger partial charge in [0.1, 0.15) is 0 Å². The maximum Gasteiger partial charge on any atom is -0.172 e. The van der Waals surface area contributed by atoms with Gasteiger partial charge in [-0.05, 0) is 0 Å². The fraction of sp³-hybridized carbons (Fsp3) is 0.241. The summed E-state index contributed by atoms with van der Waals surface area (Å²) in [6, 6.07) is 31.4. The van der Waals surface area contributed by atoms with Crippen molar-refractivity contribution in [1.29, 1.82) is 0 Å². The van der Waals surface area contributed by atoms with E-state index >= 15 is 0 Å². The molecule has 4 rings (SSSR count). The molecule has 0 heterocycles. The second kappa shape index (κ2) is 17.1. The average Bonchev–Trinajstić information content (AvgIpc) is 3.40. The van der Waals surface area contributed by atoms with Gasteiger partial charge in [0.05, 0.1) is 0 Å². The van der Waals surface area contributed by atoms with Gasteiger partial charge >= 0.3 is 112 Å². The molecule has 168 valence electrons. The molecule has 1 aliphatic rings. The van der Waals surface area contributed by atoms with Crippen molar-refractivity contribution < 1.29 is 49.0 Å². The molecule has 0 spiro atoms. The van der Waals surface area contributed by atoms with Crippen LogP contribution in [0.4, 0.5) is 0 Å². The first-order chi connectivity index (χ1) is 14.5. The van der Waals surface area contributed by atoms with Crippen molar-refractivity contribution in [2.24, 2.45) is 5.92 Å². The Balaban J connectivity index is 0.000000508. The summed E-state index contributed by atoms with van der Waals surface area (Å²) in [6.45, 7) is 8.67. The standard InChI is InChI=1S/C15H14.C9H13.C5H5.2ClH.Zr/c1-3-8-14(9-4-1)12-7-13-15-10-5-2-6-11-15;1-6-5-7(2)9(4)8(6)3;1-2-4-5-3-1;;;/h1-6,8-11H,12-13H2;6H,1-4H3;1-5H;2*1H;/q;2*-1;;;+2/p-2. The largest absolute Gasteiger partial charge is 0.214 e. The Hall–Kier alpha value is -1.40. The van der Waals surface area contributed by atoms with Gasteiger partial charge in [-0.1, -0.05) is 26.7 Å². The smallest absolute Gasteiger partial charge is 0.172 e. The van der Waals surface area contributed by atoms with Gasteiger partial charge in [0.2, 0.25) is 0 Å². The van der Waals surface area contributed by atoms with Gasteiger partial charge < -0.3 is 24.8 Å². The van der Waals surface area contributed by atoms with E-state index in [1.165, 1.54) is 27.8 Å². The van der Waals surface area contributed by atoms with Gasteiger partial charge in [0.15, 0.2) is 0 Å². The van der Waals surface area contributed by atoms with E-state index in [4.69, 9.17) is 0 Å². The van der Waals surface area contributed by atoms with Crippen LogP contribution in [0.25, 0.3) is 0 Å². The van der Waals surface area contributed by atoms with Crippen molar-refractivity contribution in [3.8, 4) is 0 Å². The van der Waals surface area contributed by atoms with E-state index in [1.807, 2.05) is 30.3 Å². The van der Waals surface area contributed by atoms with Gasteiger partial charge in [-0.2, -0.15) is 29.3 Å². The summed E-state index contributed by atoms with van der Waals surface area (Å²) in [4.78, 5) is 0. The Morgan fingerprint density at radius 1 is 0.781 bits per heavy atom. The number of hydrogen-bond donors (Lipinski definition) is 0. The summed E-state index contributed by atoms with van der Waals surface area (Å²) in [5, 5.41) is 0. The van der Waals surface area contributed by atoms with E-state index in [1.54, 1.807) is 27.4 Å². The van der Waals surface area contributed by atoms with E-state index in [-0.39, 0.29) is 24.8 Å². The predicted molar refractivity (Wildman–Crippen MR) is 127 cm³/mol. The number of allylic oxidation sites excluding steroid dienone is 4. The molecule has 32 heavy (non-hydrogen) atoms. The fourth-order valence-corrected chi connectivity index (χ4v) is 4.23. The molecule has 0 radical (unpaired) electrons. The first kappa shape index (κ1) is 30.6. The second-order valence-electron chi connectivity index (χ2n) is 7.69. The Labute approximate surface area is 222 Å². The zero-order valence-electron chi connectivity index (χ0n) is 19.4. The zero-order chi connectivity index (χ0) is 21.8. The van der Waals surface area contributed by atoms with Crippen LogP contribution in [0.1, 0.15) is 38.8 Å². The Kier molecular flexibility index (Phi) is 16.4. The summed E-state index contributed by atoms with van der Waals surface area (Å²) in [5.74, 6) is 0.560. The van der Waals surface area contributed by atoms with Crippen molar-refractivity contribution in [1.82, 2.24) is 0 Å². The predicted octanol–water partition coefficient (Wildman–Crippen LogP) is 1.33. The maximum atomic E-state index is 3.36. The van der Waals surface area contributed by atoms with Crippen molar-refractivity contribution in [2.45, 2.75) is 40.5 Å². The van der Waals surface area contributed by atoms with Crippen LogP contribution < -0.4 is 24.8 Å². The van der Waals surface area contributed by atoms with Gasteiger partial charge in [0, 0.05) is 0 Å². The minimum absolute atomic E-state index is 0. The molecule has 0 bridgehead atoms. The van der Waals surface area contributed by atoms with Crippen LogP contribution in [-0.2, 0) is 37.1 Å². The molecule has 1 aliphatic carbocycles. The first-order valence-corrected chi connectivity index (χ1v) is 11.8. The average molecular weight is 543 g/mol. The van der Waals surface area contributed by atoms with Crippen LogP contribution in [0.5, 0.6) is 0 Å². The normalized spacial score (nSPS) is 13.9. The van der Waals surface area contributed by atoms with E-state index < -0.39 is 0 Å². The number of rotatable bonds is 4. The fourth-order valence-electron chi connectivity index (χ4n) is 3.23. The summed E-state index contributed by atoms with van der Waals surface area (Å²) in [6.07, 6.45) is 5.60. The van der Waals surface area contributed by atoms with E-state index in [0.717, 1.165) is 12.8 Å². The van der Waals surface area contributed by atoms with Crippen LogP contribution in [0.15, 0.2) is 108 Å². The SMILES string of the molecule is CC1=[C-]C(C)C(C)=C1C.[Cl-].[Cl-].[Zr+2]=[C](Cc1ccccc1)Cc1ccccc1.c1cc[cH-]c1. The Morgan fingerprint density at radius 3 is 1.47 bits per heavy atom. The van der Waals surface area contributed by atoms with Crippen molar-refractivity contribution >= 4 is 3.21 Å². The summed E-state index contributed by atoms with van der Waals surface area (Å²) in [5.41, 5.74) is 7.09. The Bertz CT molecular complexity index is 879. The number of halogens is 2. The van der Waals surface area contributed by atoms with Crippen LogP contribution >= 0.6 is 0 Å². The van der Waals surface area contributed by atoms with Gasteiger partial charge in [0.25, 0.3) is 0 Å². The van der Waals surface area contributed by atoms with Crippen molar-refractivity contribution in [3.05, 3.63) is 125 Å². The van der Waals surface area contributed by atoms with Crippen LogP contribution in [0, 0.1) is 12.0 Å². The van der Waals surface area contributed by atoms with Crippen LogP contribution in [0.2, 0.25) is 0 Å². The number of benzene rings is 2. The summed E-state index contributed by atoms with van der Waals surface area (Å²) < 4.78 is 1.60. The van der Waals surface area contributed by atoms with Gasteiger partial charge in [-0.15, -0.1) is 6.92 Å². The third-order valence-electron chi connectivity index (χ3n) is 5.31. The monoisotopic (exact) mass is 540 g/mol. The molecule has 3 aromatic rings. The molecule has 0 fully saturated rings. The molecule has 1 unspecified atom stereocenters. The number of hydrogen-bond acceptors (Lipinski definition) is 0. The zero-order valence-corrected chi connectivity index (χ0v) is 23.4. The maximum absolute atomic E-state index is 3.36. The topological polar surface area (TPSA) is 0 Å². The summed E-state index contributed by atoms with van der Waals surface area (Å²) in [7, 11) is 0. The Morgan fingerprint density at radius 2 is 1.22 bits per heavy atom. The quantitative estimate of drug-likeness (QED) is 0.437. The molecule has 1 atom stereocenters. The minimum atomic E-state index is 0. The van der Waals surface area contributed by atoms with E-state index in [2.05, 4.69) is 94.4 Å². The molecule has 0 aromatic heterocycles. The molecule has 0 aliphatic heterocycles. The molecule has 0 amide bonds. The molecule has 0 N–H and O–H groups in total. The molecular formula is C29H32Cl2Zr-2.